The zero-order chi connectivity index (χ0) is 18.6. The second kappa shape index (κ2) is 7.76. The highest BCUT2D eigenvalue weighted by molar-refractivity contribution is 5.99. The third kappa shape index (κ3) is 4.87. The lowest BCUT2D eigenvalue weighted by molar-refractivity contribution is -0.153. The minimum atomic E-state index is -4.56. The van der Waals surface area contributed by atoms with Gasteiger partial charge in [-0.2, -0.15) is 13.2 Å². The first-order valence-electron chi connectivity index (χ1n) is 8.03. The molecule has 1 heterocycles. The fourth-order valence-corrected chi connectivity index (χ4v) is 2.91. The molecule has 1 aliphatic rings. The average Bonchev–Trinajstić information content (AvgIpc) is 3.06. The largest absolute Gasteiger partial charge is 0.496 e. The SMILES string of the molecule is COc1cccc(C(=O)N[C@@H](CC(F)(F)F)C(=O)N2CCCC2)c1C. The molecule has 0 radical (unpaired) electrons. The van der Waals surface area contributed by atoms with Crippen molar-refractivity contribution in [2.75, 3.05) is 20.2 Å². The number of nitrogens with one attached hydrogen (secondary N) is 1. The molecule has 8 heteroatoms. The zero-order valence-corrected chi connectivity index (χ0v) is 14.2. The molecule has 1 aliphatic heterocycles. The molecular weight excluding hydrogens is 337 g/mol. The molecule has 5 nitrogen and oxygen atoms in total. The molecule has 0 unspecified atom stereocenters. The van der Waals surface area contributed by atoms with Gasteiger partial charge in [0, 0.05) is 24.2 Å². The fraction of sp³-hybridized carbons (Fsp3) is 0.529. The topological polar surface area (TPSA) is 58.6 Å². The lowest BCUT2D eigenvalue weighted by Crippen LogP contribution is -2.49. The molecule has 0 aromatic heterocycles. The maximum absolute atomic E-state index is 12.9. The van der Waals surface area contributed by atoms with Gasteiger partial charge in [-0.1, -0.05) is 6.07 Å². The Morgan fingerprint density at radius 3 is 2.48 bits per heavy atom. The van der Waals surface area contributed by atoms with Gasteiger partial charge in [-0.15, -0.1) is 0 Å². The van der Waals surface area contributed by atoms with E-state index in [1.54, 1.807) is 19.1 Å². The van der Waals surface area contributed by atoms with Crippen molar-refractivity contribution in [1.82, 2.24) is 10.2 Å². The first-order valence-corrected chi connectivity index (χ1v) is 8.03. The smallest absolute Gasteiger partial charge is 0.391 e. The molecule has 0 aliphatic carbocycles. The number of nitrogens with zero attached hydrogens (tertiary/aromatic N) is 1. The predicted molar refractivity (Wildman–Crippen MR) is 85.5 cm³/mol. The summed E-state index contributed by atoms with van der Waals surface area (Å²) in [5, 5.41) is 2.25. The number of ether oxygens (including phenoxy) is 1. The van der Waals surface area contributed by atoms with Gasteiger partial charge in [-0.3, -0.25) is 9.59 Å². The van der Waals surface area contributed by atoms with Crippen molar-refractivity contribution in [3.05, 3.63) is 29.3 Å². The summed E-state index contributed by atoms with van der Waals surface area (Å²) in [5.74, 6) is -0.965. The molecule has 0 bridgehead atoms. The van der Waals surface area contributed by atoms with Gasteiger partial charge >= 0.3 is 6.18 Å². The monoisotopic (exact) mass is 358 g/mol. The van der Waals surface area contributed by atoms with Gasteiger partial charge in [0.1, 0.15) is 11.8 Å². The van der Waals surface area contributed by atoms with Crippen molar-refractivity contribution >= 4 is 11.8 Å². The molecule has 2 rings (SSSR count). The predicted octanol–water partition coefficient (Wildman–Crippen LogP) is 2.68. The van der Waals surface area contributed by atoms with E-state index in [1.165, 1.54) is 18.1 Å². The lowest BCUT2D eigenvalue weighted by atomic mass is 10.1. The molecular formula is C17H21F3N2O3. The van der Waals surface area contributed by atoms with Gasteiger partial charge in [0.2, 0.25) is 5.91 Å². The number of hydrogen-bond acceptors (Lipinski definition) is 3. The van der Waals surface area contributed by atoms with Crippen molar-refractivity contribution in [3.8, 4) is 5.75 Å². The number of likely N-dealkylation sites (tertiary alicyclic amines) is 1. The molecule has 0 spiro atoms. The van der Waals surface area contributed by atoms with Crippen LogP contribution in [0.3, 0.4) is 0 Å². The number of rotatable bonds is 5. The number of hydrogen-bond donors (Lipinski definition) is 1. The van der Waals surface area contributed by atoms with Crippen molar-refractivity contribution in [2.24, 2.45) is 0 Å². The van der Waals surface area contributed by atoms with Crippen LogP contribution in [-0.4, -0.2) is 49.1 Å². The molecule has 1 atom stereocenters. The van der Waals surface area contributed by atoms with E-state index in [-0.39, 0.29) is 5.56 Å². The van der Waals surface area contributed by atoms with Crippen LogP contribution < -0.4 is 10.1 Å². The van der Waals surface area contributed by atoms with Crippen LogP contribution in [0.15, 0.2) is 18.2 Å². The Hall–Kier alpha value is -2.25. The Kier molecular flexibility index (Phi) is 5.92. The van der Waals surface area contributed by atoms with E-state index in [2.05, 4.69) is 5.32 Å². The summed E-state index contributed by atoms with van der Waals surface area (Å²) in [6, 6.07) is 3.07. The highest BCUT2D eigenvalue weighted by Crippen LogP contribution is 2.25. The molecule has 138 valence electrons. The molecule has 1 fully saturated rings. The number of amides is 2. The number of carbonyl (C=O) groups excluding carboxylic acids is 2. The Morgan fingerprint density at radius 1 is 1.28 bits per heavy atom. The Balaban J connectivity index is 2.20. The van der Waals surface area contributed by atoms with Gasteiger partial charge in [0.05, 0.1) is 13.5 Å². The maximum Gasteiger partial charge on any atom is 0.391 e. The fourth-order valence-electron chi connectivity index (χ4n) is 2.91. The number of benzene rings is 1. The lowest BCUT2D eigenvalue weighted by Gasteiger charge is -2.25. The van der Waals surface area contributed by atoms with Gasteiger partial charge in [0.25, 0.3) is 5.91 Å². The van der Waals surface area contributed by atoms with Gasteiger partial charge in [0.15, 0.2) is 0 Å². The Bertz CT molecular complexity index is 641. The van der Waals surface area contributed by atoms with E-state index in [0.717, 1.165) is 12.8 Å². The van der Waals surface area contributed by atoms with E-state index < -0.39 is 30.5 Å². The molecule has 1 aromatic rings. The van der Waals surface area contributed by atoms with Crippen LogP contribution in [-0.2, 0) is 4.79 Å². The Morgan fingerprint density at radius 2 is 1.92 bits per heavy atom. The minimum absolute atomic E-state index is 0.181. The summed E-state index contributed by atoms with van der Waals surface area (Å²) >= 11 is 0. The van der Waals surface area contributed by atoms with Crippen LogP contribution in [0.4, 0.5) is 13.2 Å². The van der Waals surface area contributed by atoms with Crippen LogP contribution in [0.2, 0.25) is 0 Å². The van der Waals surface area contributed by atoms with Gasteiger partial charge in [-0.25, -0.2) is 0 Å². The summed E-state index contributed by atoms with van der Waals surface area (Å²) in [6.07, 6.45) is -4.44. The van der Waals surface area contributed by atoms with Gasteiger partial charge in [-0.05, 0) is 31.9 Å². The summed E-state index contributed by atoms with van der Waals surface area (Å²) in [6.45, 7) is 2.47. The third-order valence-corrected chi connectivity index (χ3v) is 4.21. The summed E-state index contributed by atoms with van der Waals surface area (Å²) in [5.41, 5.74) is 0.683. The Labute approximate surface area is 144 Å². The highest BCUT2D eigenvalue weighted by atomic mass is 19.4. The molecule has 25 heavy (non-hydrogen) atoms. The normalized spacial score (nSPS) is 15.8. The maximum atomic E-state index is 12.9. The second-order valence-corrected chi connectivity index (χ2v) is 6.01. The van der Waals surface area contributed by atoms with Crippen LogP contribution in [0.1, 0.15) is 35.2 Å². The highest BCUT2D eigenvalue weighted by Gasteiger charge is 2.38. The third-order valence-electron chi connectivity index (χ3n) is 4.21. The molecule has 1 aromatic carbocycles. The first kappa shape index (κ1) is 19.1. The molecule has 0 saturated carbocycles. The quantitative estimate of drug-likeness (QED) is 0.880. The van der Waals surface area contributed by atoms with Gasteiger partial charge < -0.3 is 15.0 Å². The number of halogens is 3. The first-order chi connectivity index (χ1) is 11.7. The summed E-state index contributed by atoms with van der Waals surface area (Å²) in [7, 11) is 1.44. The van der Waals surface area contributed by atoms with Crippen molar-refractivity contribution in [2.45, 2.75) is 38.4 Å². The average molecular weight is 358 g/mol. The van der Waals surface area contributed by atoms with E-state index in [0.29, 0.717) is 24.4 Å². The van der Waals surface area contributed by atoms with Crippen molar-refractivity contribution in [3.63, 3.8) is 0 Å². The van der Waals surface area contributed by atoms with Crippen molar-refractivity contribution in [1.29, 1.82) is 0 Å². The van der Waals surface area contributed by atoms with Crippen LogP contribution in [0.25, 0.3) is 0 Å². The van der Waals surface area contributed by atoms with Crippen LogP contribution in [0.5, 0.6) is 5.75 Å². The van der Waals surface area contributed by atoms with E-state index in [4.69, 9.17) is 4.74 Å². The second-order valence-electron chi connectivity index (χ2n) is 6.01. The standard InChI is InChI=1S/C17H21F3N2O3/c1-11-12(6-5-7-14(11)25-2)15(23)21-13(10-17(18,19)20)16(24)22-8-3-4-9-22/h5-7,13H,3-4,8-10H2,1-2H3,(H,21,23)/t13-/m0/s1. The van der Waals surface area contributed by atoms with Crippen LogP contribution in [0, 0.1) is 6.92 Å². The van der Waals surface area contributed by atoms with E-state index in [9.17, 15) is 22.8 Å². The number of methoxy groups -OCH3 is 1. The molecule has 1 N–H and O–H groups in total. The minimum Gasteiger partial charge on any atom is -0.496 e. The summed E-state index contributed by atoms with van der Waals surface area (Å²) < 4.78 is 43.7. The van der Waals surface area contributed by atoms with Crippen LogP contribution >= 0.6 is 0 Å². The van der Waals surface area contributed by atoms with Crippen molar-refractivity contribution < 1.29 is 27.5 Å². The molecule has 2 amide bonds. The zero-order valence-electron chi connectivity index (χ0n) is 14.2. The summed E-state index contributed by atoms with van der Waals surface area (Å²) in [4.78, 5) is 26.2. The number of carbonyl (C=O) groups is 2. The van der Waals surface area contributed by atoms with E-state index >= 15 is 0 Å². The number of alkyl halides is 3. The molecule has 1 saturated heterocycles. The van der Waals surface area contributed by atoms with E-state index in [1.807, 2.05) is 0 Å².